The van der Waals surface area contributed by atoms with Gasteiger partial charge in [0.15, 0.2) is 0 Å². The highest BCUT2D eigenvalue weighted by atomic mass is 32.2. The standard InChI is InChI=1S/C25H34N2O3S/c1-6-24(22-13-12-20-9-7-8-10-21(20)16-22)26-25(28)19(4)27(31(5,29)30)23-14-11-17(2)18(3)15-23/h11-16,19,24H,6-10H2,1-5H3,(H,26,28)/t19-,24+/m0/s1. The molecule has 2 atom stereocenters. The summed E-state index contributed by atoms with van der Waals surface area (Å²) in [6.45, 7) is 7.59. The van der Waals surface area contributed by atoms with Crippen LogP contribution in [0, 0.1) is 13.8 Å². The number of rotatable bonds is 7. The van der Waals surface area contributed by atoms with Gasteiger partial charge in [0.25, 0.3) is 0 Å². The second kappa shape index (κ2) is 9.43. The Hall–Kier alpha value is -2.34. The minimum atomic E-state index is -3.64. The first-order valence-corrected chi connectivity index (χ1v) is 13.0. The number of fused-ring (bicyclic) bond motifs is 1. The molecule has 168 valence electrons. The highest BCUT2D eigenvalue weighted by Crippen LogP contribution is 2.27. The highest BCUT2D eigenvalue weighted by molar-refractivity contribution is 7.92. The molecule has 5 nitrogen and oxygen atoms in total. The van der Waals surface area contributed by atoms with Crippen molar-refractivity contribution in [3.8, 4) is 0 Å². The maximum absolute atomic E-state index is 13.2. The Labute approximate surface area is 186 Å². The SMILES string of the molecule is CC[C@@H](NC(=O)[C@H](C)N(c1ccc(C)c(C)c1)S(C)(=O)=O)c1ccc2c(c1)CCCC2. The predicted octanol–water partition coefficient (Wildman–Crippen LogP) is 4.60. The summed E-state index contributed by atoms with van der Waals surface area (Å²) >= 11 is 0. The minimum Gasteiger partial charge on any atom is -0.347 e. The zero-order valence-corrected chi connectivity index (χ0v) is 20.1. The predicted molar refractivity (Wildman–Crippen MR) is 127 cm³/mol. The van der Waals surface area contributed by atoms with Crippen LogP contribution in [0.2, 0.25) is 0 Å². The Morgan fingerprint density at radius 3 is 2.32 bits per heavy atom. The second-order valence-corrected chi connectivity index (χ2v) is 10.6. The Morgan fingerprint density at radius 1 is 1.03 bits per heavy atom. The molecule has 1 N–H and O–H groups in total. The van der Waals surface area contributed by atoms with Gasteiger partial charge in [0, 0.05) is 0 Å². The molecule has 1 amide bonds. The first-order chi connectivity index (χ1) is 14.6. The molecule has 2 aromatic carbocycles. The quantitative estimate of drug-likeness (QED) is 0.681. The molecule has 31 heavy (non-hydrogen) atoms. The minimum absolute atomic E-state index is 0.150. The molecule has 0 saturated carbocycles. The van der Waals surface area contributed by atoms with E-state index in [1.165, 1.54) is 28.3 Å². The Kier molecular flexibility index (Phi) is 7.10. The number of carbonyl (C=O) groups excluding carboxylic acids is 1. The van der Waals surface area contributed by atoms with Crippen LogP contribution in [0.15, 0.2) is 36.4 Å². The number of nitrogens with one attached hydrogen (secondary N) is 1. The lowest BCUT2D eigenvalue weighted by Gasteiger charge is -2.30. The number of hydrogen-bond donors (Lipinski definition) is 1. The van der Waals surface area contributed by atoms with Crippen molar-refractivity contribution in [1.29, 1.82) is 0 Å². The molecule has 1 aliphatic carbocycles. The number of nitrogens with zero attached hydrogens (tertiary/aromatic N) is 1. The first-order valence-electron chi connectivity index (χ1n) is 11.1. The Balaban J connectivity index is 1.84. The van der Waals surface area contributed by atoms with Crippen molar-refractivity contribution in [3.63, 3.8) is 0 Å². The van der Waals surface area contributed by atoms with Gasteiger partial charge in [-0.05, 0) is 92.8 Å². The number of benzene rings is 2. The number of aryl methyl sites for hydroxylation is 4. The van der Waals surface area contributed by atoms with Crippen molar-refractivity contribution in [2.45, 2.75) is 71.9 Å². The molecule has 3 rings (SSSR count). The molecule has 0 aliphatic heterocycles. The van der Waals surface area contributed by atoms with E-state index in [0.717, 1.165) is 42.2 Å². The van der Waals surface area contributed by atoms with Gasteiger partial charge in [0.05, 0.1) is 18.0 Å². The van der Waals surface area contributed by atoms with Gasteiger partial charge in [-0.25, -0.2) is 8.42 Å². The van der Waals surface area contributed by atoms with Gasteiger partial charge in [0.1, 0.15) is 6.04 Å². The number of carbonyl (C=O) groups is 1. The molecule has 1 aliphatic rings. The second-order valence-electron chi connectivity index (χ2n) is 8.71. The van der Waals surface area contributed by atoms with Gasteiger partial charge in [0.2, 0.25) is 15.9 Å². The van der Waals surface area contributed by atoms with Crippen molar-refractivity contribution in [3.05, 3.63) is 64.2 Å². The summed E-state index contributed by atoms with van der Waals surface area (Å²) in [5, 5.41) is 3.09. The molecule has 6 heteroatoms. The van der Waals surface area contributed by atoms with Crippen LogP contribution in [0.1, 0.15) is 67.0 Å². The van der Waals surface area contributed by atoms with E-state index in [-0.39, 0.29) is 11.9 Å². The lowest BCUT2D eigenvalue weighted by Crippen LogP contribution is -2.48. The van der Waals surface area contributed by atoms with Crippen molar-refractivity contribution in [2.75, 3.05) is 10.6 Å². The van der Waals surface area contributed by atoms with E-state index in [2.05, 4.69) is 23.5 Å². The van der Waals surface area contributed by atoms with E-state index in [9.17, 15) is 13.2 Å². The first kappa shape index (κ1) is 23.3. The van der Waals surface area contributed by atoms with E-state index in [4.69, 9.17) is 0 Å². The third kappa shape index (κ3) is 5.29. The summed E-state index contributed by atoms with van der Waals surface area (Å²) in [7, 11) is -3.64. The van der Waals surface area contributed by atoms with Crippen LogP contribution in [0.25, 0.3) is 0 Å². The average molecular weight is 443 g/mol. The molecule has 0 fully saturated rings. The Bertz CT molecular complexity index is 1060. The van der Waals surface area contributed by atoms with Gasteiger partial charge in [-0.3, -0.25) is 9.10 Å². The van der Waals surface area contributed by atoms with Crippen molar-refractivity contribution in [2.24, 2.45) is 0 Å². The molecule has 0 aromatic heterocycles. The van der Waals surface area contributed by atoms with E-state index in [0.29, 0.717) is 5.69 Å². The zero-order valence-electron chi connectivity index (χ0n) is 19.2. The molecule has 0 spiro atoms. The van der Waals surface area contributed by atoms with Crippen LogP contribution in [0.5, 0.6) is 0 Å². The maximum Gasteiger partial charge on any atom is 0.244 e. The molecule has 0 unspecified atom stereocenters. The molecular formula is C25H34N2O3S. The van der Waals surface area contributed by atoms with Gasteiger partial charge >= 0.3 is 0 Å². The fraction of sp³-hybridized carbons (Fsp3) is 0.480. The van der Waals surface area contributed by atoms with E-state index < -0.39 is 16.1 Å². The van der Waals surface area contributed by atoms with Crippen molar-refractivity contribution < 1.29 is 13.2 Å². The fourth-order valence-electron chi connectivity index (χ4n) is 4.36. The van der Waals surface area contributed by atoms with Gasteiger partial charge in [-0.2, -0.15) is 0 Å². The molecule has 0 bridgehead atoms. The van der Waals surface area contributed by atoms with Crippen LogP contribution < -0.4 is 9.62 Å². The van der Waals surface area contributed by atoms with Crippen LogP contribution >= 0.6 is 0 Å². The molecular weight excluding hydrogens is 408 g/mol. The van der Waals surface area contributed by atoms with Gasteiger partial charge in [-0.15, -0.1) is 0 Å². The molecule has 0 heterocycles. The third-order valence-electron chi connectivity index (χ3n) is 6.33. The monoisotopic (exact) mass is 442 g/mol. The van der Waals surface area contributed by atoms with Crippen LogP contribution in [-0.2, 0) is 27.7 Å². The average Bonchev–Trinajstić information content (AvgIpc) is 2.73. The topological polar surface area (TPSA) is 66.5 Å². The number of hydrogen-bond acceptors (Lipinski definition) is 3. The lowest BCUT2D eigenvalue weighted by atomic mass is 9.88. The fourth-order valence-corrected chi connectivity index (χ4v) is 5.52. The summed E-state index contributed by atoms with van der Waals surface area (Å²) in [5.74, 6) is -0.298. The van der Waals surface area contributed by atoms with E-state index >= 15 is 0 Å². The van der Waals surface area contributed by atoms with Gasteiger partial charge < -0.3 is 5.32 Å². The molecule has 0 radical (unpaired) electrons. The molecule has 0 saturated heterocycles. The number of sulfonamides is 1. The number of amides is 1. The largest absolute Gasteiger partial charge is 0.347 e. The van der Waals surface area contributed by atoms with Crippen molar-refractivity contribution in [1.82, 2.24) is 5.32 Å². The van der Waals surface area contributed by atoms with E-state index in [1.54, 1.807) is 13.0 Å². The highest BCUT2D eigenvalue weighted by Gasteiger charge is 2.30. The Morgan fingerprint density at radius 2 is 1.71 bits per heavy atom. The lowest BCUT2D eigenvalue weighted by molar-refractivity contribution is -0.122. The van der Waals surface area contributed by atoms with Crippen LogP contribution in [-0.4, -0.2) is 26.6 Å². The zero-order chi connectivity index (χ0) is 22.8. The summed E-state index contributed by atoms with van der Waals surface area (Å²) in [6.07, 6.45) is 6.52. The summed E-state index contributed by atoms with van der Waals surface area (Å²) in [6, 6.07) is 10.9. The summed E-state index contributed by atoms with van der Waals surface area (Å²) < 4.78 is 26.4. The smallest absolute Gasteiger partial charge is 0.244 e. The number of anilines is 1. The van der Waals surface area contributed by atoms with Crippen molar-refractivity contribution >= 4 is 21.6 Å². The normalized spacial score (nSPS) is 15.6. The summed E-state index contributed by atoms with van der Waals surface area (Å²) in [4.78, 5) is 13.2. The van der Waals surface area contributed by atoms with E-state index in [1.807, 2.05) is 32.9 Å². The van der Waals surface area contributed by atoms with Crippen LogP contribution in [0.4, 0.5) is 5.69 Å². The third-order valence-corrected chi connectivity index (χ3v) is 7.57. The van der Waals surface area contributed by atoms with Gasteiger partial charge in [-0.1, -0.05) is 31.2 Å². The molecule has 2 aromatic rings. The maximum atomic E-state index is 13.2. The summed E-state index contributed by atoms with van der Waals surface area (Å²) in [5.41, 5.74) is 6.43. The van der Waals surface area contributed by atoms with Crippen LogP contribution in [0.3, 0.4) is 0 Å².